The molecular weight excluding hydrogens is 256 g/mol. The number of rotatable bonds is 3. The maximum absolute atomic E-state index is 12.8. The van der Waals surface area contributed by atoms with Crippen LogP contribution in [0.2, 0.25) is 0 Å². The van der Waals surface area contributed by atoms with Gasteiger partial charge in [-0.1, -0.05) is 0 Å². The molecule has 0 aromatic rings. The number of carbonyl (C=O) groups excluding carboxylic acids is 1. The van der Waals surface area contributed by atoms with Gasteiger partial charge >= 0.3 is 12.1 Å². The largest absolute Gasteiger partial charge is 0.497 e. The molecule has 1 aliphatic rings. The van der Waals surface area contributed by atoms with Gasteiger partial charge in [0.05, 0.1) is 0 Å². The molecule has 1 rings (SSSR count). The molecule has 1 saturated heterocycles. The van der Waals surface area contributed by atoms with Crippen LogP contribution in [-0.2, 0) is 9.63 Å². The molecule has 0 spiro atoms. The zero-order chi connectivity index (χ0) is 13.8. The first-order chi connectivity index (χ1) is 8.32. The normalized spacial score (nSPS) is 27.4. The van der Waals surface area contributed by atoms with Crippen LogP contribution in [0.15, 0.2) is 0 Å². The number of nitrogens with one attached hydrogen (secondary N) is 1. The van der Waals surface area contributed by atoms with Crippen LogP contribution in [0, 0.1) is 0 Å². The van der Waals surface area contributed by atoms with E-state index in [0.717, 1.165) is 0 Å². The number of hydrogen-bond acceptors (Lipinski definition) is 3. The maximum atomic E-state index is 12.8. The minimum Gasteiger partial charge on any atom is -0.311 e. The van der Waals surface area contributed by atoms with Crippen LogP contribution in [0.3, 0.4) is 0 Å². The summed E-state index contributed by atoms with van der Waals surface area (Å²) in [5.74, 6) is -2.26. The Morgan fingerprint density at radius 1 is 1.39 bits per heavy atom. The van der Waals surface area contributed by atoms with Crippen LogP contribution >= 0.6 is 0 Å². The van der Waals surface area contributed by atoms with Crippen molar-refractivity contribution in [3.05, 3.63) is 0 Å². The Balaban J connectivity index is 2.86. The number of hydrogen-bond donors (Lipinski definition) is 1. The van der Waals surface area contributed by atoms with Crippen LogP contribution in [0.1, 0.15) is 13.3 Å². The quantitative estimate of drug-likeness (QED) is 0.620. The molecule has 0 amide bonds. The van der Waals surface area contributed by atoms with Gasteiger partial charge in [-0.3, -0.25) is 4.84 Å². The van der Waals surface area contributed by atoms with Crippen molar-refractivity contribution in [1.82, 2.24) is 5.32 Å². The molecule has 0 saturated carbocycles. The van der Waals surface area contributed by atoms with Gasteiger partial charge in [0.15, 0.2) is 6.04 Å². The molecule has 0 bridgehead atoms. The monoisotopic (exact) mass is 273 g/mol. The SMILES string of the molecule is CC(CF)[N+]1(OC(=O)C(F)(F)F)CCCNCC1. The van der Waals surface area contributed by atoms with Crippen molar-refractivity contribution < 1.29 is 31.8 Å². The lowest BCUT2D eigenvalue weighted by Gasteiger charge is -2.37. The lowest BCUT2D eigenvalue weighted by Crippen LogP contribution is -2.59. The van der Waals surface area contributed by atoms with E-state index in [4.69, 9.17) is 0 Å². The highest BCUT2D eigenvalue weighted by Crippen LogP contribution is 2.24. The topological polar surface area (TPSA) is 38.3 Å². The van der Waals surface area contributed by atoms with Gasteiger partial charge in [-0.05, 0) is 6.92 Å². The minimum atomic E-state index is -5.05. The minimum absolute atomic E-state index is 0.132. The fourth-order valence-electron chi connectivity index (χ4n) is 1.94. The first kappa shape index (κ1) is 15.2. The first-order valence-corrected chi connectivity index (χ1v) is 5.76. The van der Waals surface area contributed by atoms with Crippen LogP contribution in [0.5, 0.6) is 0 Å². The molecule has 0 radical (unpaired) electrons. The van der Waals surface area contributed by atoms with Crippen molar-refractivity contribution in [2.75, 3.05) is 32.9 Å². The lowest BCUT2D eigenvalue weighted by atomic mass is 10.2. The summed E-state index contributed by atoms with van der Waals surface area (Å²) in [7, 11) is 0. The number of quaternary nitrogens is 1. The van der Waals surface area contributed by atoms with E-state index < -0.39 is 29.5 Å². The molecule has 8 heteroatoms. The molecule has 2 atom stereocenters. The van der Waals surface area contributed by atoms with Gasteiger partial charge in [0, 0.05) is 19.5 Å². The lowest BCUT2D eigenvalue weighted by molar-refractivity contribution is -1.10. The average molecular weight is 273 g/mol. The average Bonchev–Trinajstić information content (AvgIpc) is 2.53. The molecular formula is C10H17F4N2O2+. The van der Waals surface area contributed by atoms with Gasteiger partial charge in [0.1, 0.15) is 19.8 Å². The molecule has 1 aliphatic heterocycles. The molecule has 106 valence electrons. The van der Waals surface area contributed by atoms with Gasteiger partial charge in [-0.25, -0.2) is 9.18 Å². The van der Waals surface area contributed by atoms with Crippen molar-refractivity contribution in [2.45, 2.75) is 25.6 Å². The van der Waals surface area contributed by atoms with Crippen LogP contribution in [0.4, 0.5) is 17.6 Å². The Bertz CT molecular complexity index is 288. The maximum Gasteiger partial charge on any atom is 0.497 e. The highest BCUT2D eigenvalue weighted by Gasteiger charge is 2.49. The zero-order valence-electron chi connectivity index (χ0n) is 10.1. The summed E-state index contributed by atoms with van der Waals surface area (Å²) in [5, 5.41) is 2.98. The second-order valence-corrected chi connectivity index (χ2v) is 4.38. The summed E-state index contributed by atoms with van der Waals surface area (Å²) in [6.07, 6.45) is -4.53. The summed E-state index contributed by atoms with van der Waals surface area (Å²) in [5.41, 5.74) is 0. The van der Waals surface area contributed by atoms with E-state index in [1.54, 1.807) is 0 Å². The first-order valence-electron chi connectivity index (χ1n) is 5.76. The number of halogens is 4. The van der Waals surface area contributed by atoms with E-state index in [9.17, 15) is 22.4 Å². The molecule has 1 N–H and O–H groups in total. The third-order valence-electron chi connectivity index (χ3n) is 3.08. The zero-order valence-corrected chi connectivity index (χ0v) is 10.1. The summed E-state index contributed by atoms with van der Waals surface area (Å²) in [4.78, 5) is 15.5. The predicted octanol–water partition coefficient (Wildman–Crippen LogP) is 1.17. The summed E-state index contributed by atoms with van der Waals surface area (Å²) >= 11 is 0. The van der Waals surface area contributed by atoms with Crippen molar-refractivity contribution in [3.63, 3.8) is 0 Å². The van der Waals surface area contributed by atoms with Crippen molar-refractivity contribution in [2.24, 2.45) is 0 Å². The molecule has 0 aromatic heterocycles. The van der Waals surface area contributed by atoms with Crippen molar-refractivity contribution in [3.8, 4) is 0 Å². The standard InChI is InChI=1S/C10H17F4N2O2/c1-8(7-11)16(5-2-3-15-4-6-16)18-9(17)10(12,13)14/h8,15H,2-7H2,1H3/q+1. The van der Waals surface area contributed by atoms with E-state index in [-0.39, 0.29) is 13.1 Å². The van der Waals surface area contributed by atoms with Gasteiger partial charge in [-0.2, -0.15) is 13.2 Å². The third-order valence-corrected chi connectivity index (χ3v) is 3.08. The summed E-state index contributed by atoms with van der Waals surface area (Å²) in [6, 6.07) is -0.809. The van der Waals surface area contributed by atoms with Crippen LogP contribution in [-0.4, -0.2) is 55.7 Å². The van der Waals surface area contributed by atoms with Gasteiger partial charge < -0.3 is 5.32 Å². The molecule has 1 fully saturated rings. The molecule has 2 unspecified atom stereocenters. The molecule has 0 aliphatic carbocycles. The summed E-state index contributed by atoms with van der Waals surface area (Å²) in [6.45, 7) is 1.91. The van der Waals surface area contributed by atoms with Crippen molar-refractivity contribution >= 4 is 5.97 Å². The Hall–Kier alpha value is -0.890. The second-order valence-electron chi connectivity index (χ2n) is 4.38. The predicted molar refractivity (Wildman–Crippen MR) is 55.1 cm³/mol. The Morgan fingerprint density at radius 2 is 2.06 bits per heavy atom. The Morgan fingerprint density at radius 3 is 2.61 bits per heavy atom. The van der Waals surface area contributed by atoms with E-state index in [1.807, 2.05) is 0 Å². The fourth-order valence-corrected chi connectivity index (χ4v) is 1.94. The van der Waals surface area contributed by atoms with E-state index in [1.165, 1.54) is 6.92 Å². The molecule has 4 nitrogen and oxygen atoms in total. The molecule has 1 heterocycles. The van der Waals surface area contributed by atoms with Crippen LogP contribution < -0.4 is 5.32 Å². The number of nitrogens with zero attached hydrogens (tertiary/aromatic N) is 1. The fraction of sp³-hybridized carbons (Fsp3) is 0.900. The molecule has 0 aromatic carbocycles. The van der Waals surface area contributed by atoms with Gasteiger partial charge in [0.2, 0.25) is 0 Å². The number of alkyl halides is 4. The van der Waals surface area contributed by atoms with Gasteiger partial charge in [-0.15, -0.1) is 4.65 Å². The highest BCUT2D eigenvalue weighted by molar-refractivity contribution is 5.74. The van der Waals surface area contributed by atoms with Crippen molar-refractivity contribution in [1.29, 1.82) is 0 Å². The van der Waals surface area contributed by atoms with E-state index in [2.05, 4.69) is 10.2 Å². The molecule has 18 heavy (non-hydrogen) atoms. The Kier molecular flexibility index (Phi) is 4.92. The highest BCUT2D eigenvalue weighted by atomic mass is 19.4. The third kappa shape index (κ3) is 3.55. The van der Waals surface area contributed by atoms with Crippen LogP contribution in [0.25, 0.3) is 0 Å². The Labute approximate surface area is 102 Å². The van der Waals surface area contributed by atoms with E-state index in [0.29, 0.717) is 19.5 Å². The van der Waals surface area contributed by atoms with Gasteiger partial charge in [0.25, 0.3) is 0 Å². The second kappa shape index (κ2) is 5.83. The van der Waals surface area contributed by atoms with E-state index >= 15 is 0 Å². The number of carbonyl (C=O) groups is 1. The number of hydroxylamine groups is 3. The summed E-state index contributed by atoms with van der Waals surface area (Å²) < 4.78 is 48.9. The smallest absolute Gasteiger partial charge is 0.311 e.